The first kappa shape index (κ1) is 17.5. The Morgan fingerprint density at radius 3 is 2.73 bits per heavy atom. The van der Waals surface area contributed by atoms with Crippen molar-refractivity contribution in [3.8, 4) is 0 Å². The number of fused-ring (bicyclic) bond motifs is 1. The minimum Gasteiger partial charge on any atom is -0.480 e. The van der Waals surface area contributed by atoms with Gasteiger partial charge >= 0.3 is 5.97 Å². The van der Waals surface area contributed by atoms with Crippen LogP contribution in [-0.2, 0) is 21.1 Å². The molecule has 1 aliphatic rings. The van der Waals surface area contributed by atoms with Gasteiger partial charge in [0.1, 0.15) is 5.75 Å². The van der Waals surface area contributed by atoms with Crippen molar-refractivity contribution in [2.45, 2.75) is 19.4 Å². The second-order valence-electron chi connectivity index (χ2n) is 5.40. The van der Waals surface area contributed by atoms with E-state index in [0.29, 0.717) is 29.6 Å². The number of carbonyl (C=O) groups is 1. The van der Waals surface area contributed by atoms with Crippen LogP contribution in [0.25, 0.3) is 0 Å². The first-order valence-electron chi connectivity index (χ1n) is 6.83. The van der Waals surface area contributed by atoms with Gasteiger partial charge in [-0.1, -0.05) is 23.2 Å². The maximum Gasteiger partial charge on any atom is 0.318 e. The summed E-state index contributed by atoms with van der Waals surface area (Å²) in [6.45, 7) is 2.94. The van der Waals surface area contributed by atoms with Crippen molar-refractivity contribution in [1.29, 1.82) is 0 Å². The van der Waals surface area contributed by atoms with E-state index < -0.39 is 21.6 Å². The molecule has 0 bridgehead atoms. The molecule has 5 nitrogen and oxygen atoms in total. The Bertz CT molecular complexity index is 690. The molecule has 1 atom stereocenters. The second kappa shape index (κ2) is 6.74. The van der Waals surface area contributed by atoms with E-state index in [1.54, 1.807) is 6.07 Å². The van der Waals surface area contributed by atoms with Gasteiger partial charge in [-0.3, -0.25) is 9.69 Å². The monoisotopic (exact) mass is 365 g/mol. The van der Waals surface area contributed by atoms with Gasteiger partial charge in [-0.2, -0.15) is 0 Å². The lowest BCUT2D eigenvalue weighted by atomic mass is 9.93. The quantitative estimate of drug-likeness (QED) is 0.866. The summed E-state index contributed by atoms with van der Waals surface area (Å²) in [5.41, 5.74) is 2.04. The van der Waals surface area contributed by atoms with Gasteiger partial charge in [0.25, 0.3) is 0 Å². The summed E-state index contributed by atoms with van der Waals surface area (Å²) in [6.07, 6.45) is 0.717. The van der Waals surface area contributed by atoms with Crippen molar-refractivity contribution >= 4 is 39.0 Å². The summed E-state index contributed by atoms with van der Waals surface area (Å²) in [5.74, 6) is -2.33. The molecular formula is C14H17Cl2NO4S. The van der Waals surface area contributed by atoms with Crippen LogP contribution in [-0.4, -0.2) is 49.0 Å². The van der Waals surface area contributed by atoms with Gasteiger partial charge in [0, 0.05) is 29.2 Å². The molecule has 122 valence electrons. The molecule has 1 aromatic rings. The van der Waals surface area contributed by atoms with Crippen molar-refractivity contribution in [3.05, 3.63) is 33.3 Å². The maximum absolute atomic E-state index is 11.7. The molecule has 0 saturated heterocycles. The van der Waals surface area contributed by atoms with E-state index in [2.05, 4.69) is 0 Å². The first-order chi connectivity index (χ1) is 10.2. The molecule has 1 N–H and O–H groups in total. The van der Waals surface area contributed by atoms with Gasteiger partial charge in [0.2, 0.25) is 0 Å². The molecule has 0 spiro atoms. The van der Waals surface area contributed by atoms with Crippen molar-refractivity contribution in [3.63, 3.8) is 0 Å². The van der Waals surface area contributed by atoms with Crippen molar-refractivity contribution in [2.75, 3.05) is 24.6 Å². The predicted octanol–water partition coefficient (Wildman–Crippen LogP) is 2.41. The number of sulfone groups is 1. The van der Waals surface area contributed by atoms with Crippen LogP contribution < -0.4 is 0 Å². The summed E-state index contributed by atoms with van der Waals surface area (Å²) in [5, 5.41) is 9.79. The summed E-state index contributed by atoms with van der Waals surface area (Å²) in [7, 11) is -3.59. The number of benzene rings is 1. The van der Waals surface area contributed by atoms with E-state index in [9.17, 15) is 13.2 Å². The first-order valence-corrected chi connectivity index (χ1v) is 9.41. The van der Waals surface area contributed by atoms with Crippen molar-refractivity contribution in [1.82, 2.24) is 4.90 Å². The van der Waals surface area contributed by atoms with E-state index in [0.717, 1.165) is 11.1 Å². The third-order valence-electron chi connectivity index (χ3n) is 3.87. The van der Waals surface area contributed by atoms with Crippen LogP contribution in [0, 0.1) is 0 Å². The van der Waals surface area contributed by atoms with Crippen molar-refractivity contribution < 1.29 is 18.3 Å². The minimum atomic E-state index is -3.59. The van der Waals surface area contributed by atoms with Gasteiger partial charge in [-0.15, -0.1) is 0 Å². The lowest BCUT2D eigenvalue weighted by Gasteiger charge is -2.35. The zero-order chi connectivity index (χ0) is 16.5. The average Bonchev–Trinajstić information content (AvgIpc) is 2.37. The molecule has 1 heterocycles. The Morgan fingerprint density at radius 1 is 1.41 bits per heavy atom. The Balaban J connectivity index is 2.11. The molecule has 8 heteroatoms. The maximum atomic E-state index is 11.7. The number of nitrogens with zero attached hydrogens (tertiary/aromatic N) is 1. The Hall–Kier alpha value is -0.820. The lowest BCUT2D eigenvalue weighted by molar-refractivity contribution is -0.134. The van der Waals surface area contributed by atoms with Gasteiger partial charge in [-0.25, -0.2) is 8.42 Å². The molecular weight excluding hydrogens is 349 g/mol. The van der Waals surface area contributed by atoms with Crippen LogP contribution in [0.4, 0.5) is 0 Å². The standard InChI is InChI=1S/C14H17Cl2NO4S/c1-9-12-6-10(15)7-13(16)11(12)2-3-17(9)4-5-22(20,21)8-14(18)19/h6-7,9H,2-5,8H2,1H3,(H,18,19). The highest BCUT2D eigenvalue weighted by Crippen LogP contribution is 2.35. The molecule has 1 aliphatic heterocycles. The molecule has 0 radical (unpaired) electrons. The zero-order valence-corrected chi connectivity index (χ0v) is 14.4. The number of carboxylic acid groups (broad SMARTS) is 1. The molecule has 22 heavy (non-hydrogen) atoms. The Morgan fingerprint density at radius 2 is 2.09 bits per heavy atom. The Labute approximate surface area is 139 Å². The molecule has 1 unspecified atom stereocenters. The van der Waals surface area contributed by atoms with Gasteiger partial charge in [0.05, 0.1) is 5.75 Å². The highest BCUT2D eigenvalue weighted by molar-refractivity contribution is 7.92. The van der Waals surface area contributed by atoms with Crippen LogP contribution in [0.5, 0.6) is 0 Å². The number of rotatable bonds is 5. The average molecular weight is 366 g/mol. The van der Waals surface area contributed by atoms with E-state index in [-0.39, 0.29) is 11.8 Å². The lowest BCUT2D eigenvalue weighted by Crippen LogP contribution is -2.38. The topological polar surface area (TPSA) is 74.7 Å². The SMILES string of the molecule is CC1c2cc(Cl)cc(Cl)c2CCN1CCS(=O)(=O)CC(=O)O. The van der Waals surface area contributed by atoms with Crippen molar-refractivity contribution in [2.24, 2.45) is 0 Å². The van der Waals surface area contributed by atoms with E-state index >= 15 is 0 Å². The molecule has 0 saturated carbocycles. The molecule has 0 fully saturated rings. The van der Waals surface area contributed by atoms with Crippen LogP contribution in [0.2, 0.25) is 10.0 Å². The van der Waals surface area contributed by atoms with Crippen LogP contribution in [0.3, 0.4) is 0 Å². The molecule has 1 aromatic carbocycles. The second-order valence-corrected chi connectivity index (χ2v) is 8.43. The van der Waals surface area contributed by atoms with E-state index in [1.165, 1.54) is 0 Å². The zero-order valence-electron chi connectivity index (χ0n) is 12.1. The molecule has 0 aliphatic carbocycles. The number of hydrogen-bond donors (Lipinski definition) is 1. The fraction of sp³-hybridized carbons (Fsp3) is 0.500. The number of hydrogen-bond acceptors (Lipinski definition) is 4. The number of carboxylic acids is 1. The van der Waals surface area contributed by atoms with Gasteiger partial charge in [0.15, 0.2) is 9.84 Å². The van der Waals surface area contributed by atoms with Crippen LogP contribution in [0.1, 0.15) is 24.1 Å². The highest BCUT2D eigenvalue weighted by Gasteiger charge is 2.27. The fourth-order valence-corrected chi connectivity index (χ4v) is 4.36. The third-order valence-corrected chi connectivity index (χ3v) is 5.92. The summed E-state index contributed by atoms with van der Waals surface area (Å²) in [6, 6.07) is 3.55. The molecule has 0 amide bonds. The van der Waals surface area contributed by atoms with E-state index in [4.69, 9.17) is 28.3 Å². The molecule has 2 rings (SSSR count). The predicted molar refractivity (Wildman–Crippen MR) is 86.4 cm³/mol. The minimum absolute atomic E-state index is 0.0139. The summed E-state index contributed by atoms with van der Waals surface area (Å²) < 4.78 is 23.4. The summed E-state index contributed by atoms with van der Waals surface area (Å²) in [4.78, 5) is 12.6. The van der Waals surface area contributed by atoms with Crippen LogP contribution >= 0.6 is 23.2 Å². The fourth-order valence-electron chi connectivity index (χ4n) is 2.73. The molecule has 0 aromatic heterocycles. The summed E-state index contributed by atoms with van der Waals surface area (Å²) >= 11 is 12.2. The largest absolute Gasteiger partial charge is 0.480 e. The van der Waals surface area contributed by atoms with Crippen LogP contribution in [0.15, 0.2) is 12.1 Å². The smallest absolute Gasteiger partial charge is 0.318 e. The number of halogens is 2. The third kappa shape index (κ3) is 4.13. The number of aliphatic carboxylic acids is 1. The van der Waals surface area contributed by atoms with Gasteiger partial charge < -0.3 is 5.11 Å². The Kier molecular flexibility index (Phi) is 5.37. The van der Waals surface area contributed by atoms with E-state index in [1.807, 2.05) is 17.9 Å². The van der Waals surface area contributed by atoms with Gasteiger partial charge in [-0.05, 0) is 36.6 Å². The normalized spacial score (nSPS) is 19.0. The highest BCUT2D eigenvalue weighted by atomic mass is 35.5.